The van der Waals surface area contributed by atoms with Gasteiger partial charge < -0.3 is 4.74 Å². The molecule has 37 heavy (non-hydrogen) atoms. The quantitative estimate of drug-likeness (QED) is 0.476. The van der Waals surface area contributed by atoms with E-state index in [1.807, 2.05) is 42.7 Å². The summed E-state index contributed by atoms with van der Waals surface area (Å²) in [5.41, 5.74) is 4.34. The first kappa shape index (κ1) is 23.9. The first-order valence-corrected chi connectivity index (χ1v) is 12.6. The van der Waals surface area contributed by atoms with Gasteiger partial charge in [-0.05, 0) is 53.3 Å². The lowest BCUT2D eigenvalue weighted by Crippen LogP contribution is -2.42. The Hall–Kier alpha value is -3.49. The standard InChI is InChI=1S/C29H27F2N3O3/c30-24-6-5-21(15-25(24)31)28(34-26(35)7-8-27(34)36)20-3-1-19(2-4-20)17-33-13-10-29(11-14-33)23-16-32-12-9-22(23)18-37-29/h1-6,9,12,15-16,28H,7-8,10-11,13-14,17-18H2. The van der Waals surface area contributed by atoms with Gasteiger partial charge in [0, 0.05) is 50.4 Å². The number of carbonyl (C=O) groups excluding carboxylic acids is 2. The molecule has 2 amide bonds. The molecule has 0 radical (unpaired) electrons. The number of carbonyl (C=O) groups is 2. The molecule has 1 atom stereocenters. The molecule has 4 heterocycles. The number of aromatic nitrogens is 1. The van der Waals surface area contributed by atoms with Gasteiger partial charge in [-0.3, -0.25) is 24.4 Å². The molecule has 1 aromatic heterocycles. The van der Waals surface area contributed by atoms with Crippen LogP contribution in [-0.4, -0.2) is 39.7 Å². The average molecular weight is 504 g/mol. The van der Waals surface area contributed by atoms with Crippen LogP contribution in [0.2, 0.25) is 0 Å². The maximum Gasteiger partial charge on any atom is 0.230 e. The van der Waals surface area contributed by atoms with Crippen molar-refractivity contribution in [2.24, 2.45) is 0 Å². The highest BCUT2D eigenvalue weighted by atomic mass is 19.2. The third-order valence-electron chi connectivity index (χ3n) is 7.88. The SMILES string of the molecule is O=C1CCC(=O)N1C(c1ccc(CN2CCC3(CC2)OCc2ccncc23)cc1)c1ccc(F)c(F)c1. The highest BCUT2D eigenvalue weighted by Crippen LogP contribution is 2.44. The normalized spacial score (nSPS) is 20.0. The zero-order valence-corrected chi connectivity index (χ0v) is 20.3. The smallest absolute Gasteiger partial charge is 0.230 e. The Morgan fingerprint density at radius 3 is 2.32 bits per heavy atom. The van der Waals surface area contributed by atoms with E-state index in [2.05, 4.69) is 9.88 Å². The largest absolute Gasteiger partial charge is 0.365 e. The molecular weight excluding hydrogens is 476 g/mol. The highest BCUT2D eigenvalue weighted by molar-refractivity contribution is 6.02. The summed E-state index contributed by atoms with van der Waals surface area (Å²) in [4.78, 5) is 33.0. The van der Waals surface area contributed by atoms with E-state index in [-0.39, 0.29) is 30.3 Å². The van der Waals surface area contributed by atoms with Crippen LogP contribution in [0.4, 0.5) is 8.78 Å². The van der Waals surface area contributed by atoms with Crippen LogP contribution in [0.15, 0.2) is 60.9 Å². The van der Waals surface area contributed by atoms with E-state index in [4.69, 9.17) is 4.74 Å². The first-order chi connectivity index (χ1) is 17.9. The van der Waals surface area contributed by atoms with Crippen LogP contribution >= 0.6 is 0 Å². The number of hydrogen-bond donors (Lipinski definition) is 0. The van der Waals surface area contributed by atoms with Gasteiger partial charge >= 0.3 is 0 Å². The number of benzene rings is 2. The molecule has 8 heteroatoms. The first-order valence-electron chi connectivity index (χ1n) is 12.6. The predicted octanol–water partition coefficient (Wildman–Crippen LogP) is 4.62. The van der Waals surface area contributed by atoms with Crippen molar-refractivity contribution in [1.29, 1.82) is 0 Å². The van der Waals surface area contributed by atoms with E-state index in [1.165, 1.54) is 22.1 Å². The second-order valence-electron chi connectivity index (χ2n) is 10.1. The summed E-state index contributed by atoms with van der Waals surface area (Å²) in [5.74, 6) is -2.59. The number of nitrogens with zero attached hydrogens (tertiary/aromatic N) is 3. The number of ether oxygens (including phenoxy) is 1. The van der Waals surface area contributed by atoms with Crippen molar-refractivity contribution in [3.8, 4) is 0 Å². The van der Waals surface area contributed by atoms with Crippen molar-refractivity contribution in [3.63, 3.8) is 0 Å². The van der Waals surface area contributed by atoms with E-state index >= 15 is 0 Å². The average Bonchev–Trinajstić information content (AvgIpc) is 3.44. The zero-order valence-electron chi connectivity index (χ0n) is 20.3. The minimum atomic E-state index is -1.01. The number of amides is 2. The second kappa shape index (κ2) is 9.43. The Kier molecular flexibility index (Phi) is 6.09. The van der Waals surface area contributed by atoms with Crippen LogP contribution < -0.4 is 0 Å². The van der Waals surface area contributed by atoms with E-state index in [9.17, 15) is 18.4 Å². The van der Waals surface area contributed by atoms with Crippen LogP contribution in [0, 0.1) is 11.6 Å². The summed E-state index contributed by atoms with van der Waals surface area (Å²) in [6.45, 7) is 3.18. The van der Waals surface area contributed by atoms with Gasteiger partial charge in [-0.1, -0.05) is 30.3 Å². The van der Waals surface area contributed by atoms with E-state index in [0.29, 0.717) is 17.7 Å². The number of piperidine rings is 1. The third kappa shape index (κ3) is 4.34. The van der Waals surface area contributed by atoms with Crippen molar-refractivity contribution in [1.82, 2.24) is 14.8 Å². The summed E-state index contributed by atoms with van der Waals surface area (Å²) < 4.78 is 33.9. The lowest BCUT2D eigenvalue weighted by atomic mass is 9.84. The lowest BCUT2D eigenvalue weighted by molar-refractivity contribution is -0.140. The minimum absolute atomic E-state index is 0.123. The Morgan fingerprint density at radius 2 is 1.62 bits per heavy atom. The monoisotopic (exact) mass is 503 g/mol. The van der Waals surface area contributed by atoms with E-state index in [1.54, 1.807) is 0 Å². The zero-order chi connectivity index (χ0) is 25.6. The lowest BCUT2D eigenvalue weighted by Gasteiger charge is -2.39. The Morgan fingerprint density at radius 1 is 0.919 bits per heavy atom. The summed E-state index contributed by atoms with van der Waals surface area (Å²) in [6, 6.07) is 12.5. The summed E-state index contributed by atoms with van der Waals surface area (Å²) in [5, 5.41) is 0. The molecule has 0 saturated carbocycles. The van der Waals surface area contributed by atoms with Gasteiger partial charge in [-0.2, -0.15) is 0 Å². The predicted molar refractivity (Wildman–Crippen MR) is 131 cm³/mol. The maximum atomic E-state index is 14.1. The number of fused-ring (bicyclic) bond motifs is 2. The summed E-state index contributed by atoms with van der Waals surface area (Å²) >= 11 is 0. The number of pyridine rings is 1. The number of imide groups is 1. The Bertz CT molecular complexity index is 1340. The van der Waals surface area contributed by atoms with Crippen molar-refractivity contribution >= 4 is 11.8 Å². The fraction of sp³-hybridized carbons (Fsp3) is 0.345. The van der Waals surface area contributed by atoms with E-state index in [0.717, 1.165) is 50.2 Å². The van der Waals surface area contributed by atoms with Crippen molar-refractivity contribution in [3.05, 3.63) is 100 Å². The van der Waals surface area contributed by atoms with Crippen molar-refractivity contribution < 1.29 is 23.1 Å². The van der Waals surface area contributed by atoms with Crippen molar-refractivity contribution in [2.45, 2.75) is 50.5 Å². The van der Waals surface area contributed by atoms with Gasteiger partial charge in [0.15, 0.2) is 11.6 Å². The number of halogens is 2. The molecule has 2 saturated heterocycles. The summed E-state index contributed by atoms with van der Waals surface area (Å²) in [6.07, 6.45) is 5.81. The second-order valence-corrected chi connectivity index (χ2v) is 10.1. The summed E-state index contributed by atoms with van der Waals surface area (Å²) in [7, 11) is 0. The van der Waals surface area contributed by atoms with Crippen LogP contribution in [0.1, 0.15) is 59.5 Å². The molecule has 0 N–H and O–H groups in total. The molecule has 0 aliphatic carbocycles. The molecule has 3 aliphatic rings. The molecule has 6 rings (SSSR count). The van der Waals surface area contributed by atoms with Gasteiger partial charge in [0.05, 0.1) is 18.2 Å². The molecule has 2 aromatic carbocycles. The minimum Gasteiger partial charge on any atom is -0.365 e. The molecule has 2 fully saturated rings. The van der Waals surface area contributed by atoms with Gasteiger partial charge in [-0.25, -0.2) is 8.78 Å². The van der Waals surface area contributed by atoms with Crippen LogP contribution in [-0.2, 0) is 33.1 Å². The Balaban J connectivity index is 1.19. The van der Waals surface area contributed by atoms with Crippen LogP contribution in [0.5, 0.6) is 0 Å². The maximum absolute atomic E-state index is 14.1. The molecule has 3 aliphatic heterocycles. The number of rotatable bonds is 5. The van der Waals surface area contributed by atoms with Gasteiger partial charge in [-0.15, -0.1) is 0 Å². The molecule has 6 nitrogen and oxygen atoms in total. The van der Waals surface area contributed by atoms with Crippen molar-refractivity contribution in [2.75, 3.05) is 13.1 Å². The fourth-order valence-corrected chi connectivity index (χ4v) is 5.86. The molecule has 3 aromatic rings. The molecule has 190 valence electrons. The van der Waals surface area contributed by atoms with Crippen LogP contribution in [0.3, 0.4) is 0 Å². The molecule has 1 unspecified atom stereocenters. The number of likely N-dealkylation sites (tertiary alicyclic amines) is 2. The van der Waals surface area contributed by atoms with Gasteiger partial charge in [0.25, 0.3) is 0 Å². The Labute approximate surface area is 213 Å². The topological polar surface area (TPSA) is 62.7 Å². The van der Waals surface area contributed by atoms with Gasteiger partial charge in [0.2, 0.25) is 11.8 Å². The van der Waals surface area contributed by atoms with Crippen LogP contribution in [0.25, 0.3) is 0 Å². The third-order valence-corrected chi connectivity index (χ3v) is 7.88. The molecular formula is C29H27F2N3O3. The van der Waals surface area contributed by atoms with E-state index < -0.39 is 17.7 Å². The number of hydrogen-bond acceptors (Lipinski definition) is 5. The van der Waals surface area contributed by atoms with Gasteiger partial charge in [0.1, 0.15) is 0 Å². The molecule has 0 bridgehead atoms. The fourth-order valence-electron chi connectivity index (χ4n) is 5.86. The highest BCUT2D eigenvalue weighted by Gasteiger charge is 2.42. The molecule has 1 spiro atoms.